The van der Waals surface area contributed by atoms with Crippen molar-refractivity contribution >= 4 is 37.6 Å². The number of halogens is 1. The molecular formula is C10H11BrN4O5S. The second-order valence-electron chi connectivity index (χ2n) is 5.24. The molecule has 1 amide bonds. The van der Waals surface area contributed by atoms with E-state index in [2.05, 4.69) is 26.2 Å². The maximum absolute atomic E-state index is 12.7. The van der Waals surface area contributed by atoms with Gasteiger partial charge in [-0.15, -0.1) is 5.10 Å². The number of nitrogens with zero attached hydrogens (tertiary/aromatic N) is 4. The SMILES string of the molecule is C[C@]1(Cn2ccnn2)[C@H](C(=O)O)N2C(=O)[C@H](Br)[C@@H]2S1(=O)=O. The van der Waals surface area contributed by atoms with Gasteiger partial charge in [-0.2, -0.15) is 0 Å². The third-order valence-electron chi connectivity index (χ3n) is 4.02. The van der Waals surface area contributed by atoms with Crippen molar-refractivity contribution in [2.45, 2.75) is 34.5 Å². The van der Waals surface area contributed by atoms with E-state index in [4.69, 9.17) is 0 Å². The molecule has 0 aromatic carbocycles. The molecule has 2 saturated heterocycles. The largest absolute Gasteiger partial charge is 0.480 e. The Kier molecular flexibility index (Phi) is 2.93. The van der Waals surface area contributed by atoms with Crippen molar-refractivity contribution in [1.29, 1.82) is 0 Å². The second-order valence-corrected chi connectivity index (χ2v) is 8.73. The Balaban J connectivity index is 2.12. The highest BCUT2D eigenvalue weighted by molar-refractivity contribution is 9.10. The number of hydrogen-bond donors (Lipinski definition) is 1. The van der Waals surface area contributed by atoms with Crippen molar-refractivity contribution in [3.8, 4) is 0 Å². The molecule has 0 radical (unpaired) electrons. The van der Waals surface area contributed by atoms with E-state index in [1.54, 1.807) is 0 Å². The lowest BCUT2D eigenvalue weighted by molar-refractivity contribution is -0.156. The molecule has 114 valence electrons. The van der Waals surface area contributed by atoms with Crippen LogP contribution in [-0.4, -0.2) is 66.3 Å². The first kappa shape index (κ1) is 14.4. The summed E-state index contributed by atoms with van der Waals surface area (Å²) in [6, 6.07) is -1.45. The molecular weight excluding hydrogens is 368 g/mol. The van der Waals surface area contributed by atoms with Gasteiger partial charge < -0.3 is 10.0 Å². The summed E-state index contributed by atoms with van der Waals surface area (Å²) in [6.45, 7) is 1.14. The number of hydrogen-bond acceptors (Lipinski definition) is 6. The van der Waals surface area contributed by atoms with E-state index >= 15 is 0 Å². The predicted molar refractivity (Wildman–Crippen MR) is 72.1 cm³/mol. The number of β-lactam (4-membered cyclic amide) rings is 1. The number of aliphatic carboxylic acids is 1. The maximum atomic E-state index is 12.7. The topological polar surface area (TPSA) is 122 Å². The minimum atomic E-state index is -3.89. The minimum Gasteiger partial charge on any atom is -0.480 e. The predicted octanol–water partition coefficient (Wildman–Crippen LogP) is -1.15. The van der Waals surface area contributed by atoms with Gasteiger partial charge >= 0.3 is 5.97 Å². The fraction of sp³-hybridized carbons (Fsp3) is 0.600. The number of rotatable bonds is 3. The zero-order chi connectivity index (χ0) is 15.6. The lowest BCUT2D eigenvalue weighted by Gasteiger charge is -2.39. The third kappa shape index (κ3) is 1.64. The molecule has 0 spiro atoms. The van der Waals surface area contributed by atoms with Gasteiger partial charge in [0.2, 0.25) is 5.91 Å². The molecule has 3 heterocycles. The normalized spacial score (nSPS) is 37.1. The highest BCUT2D eigenvalue weighted by Crippen LogP contribution is 2.49. The van der Waals surface area contributed by atoms with Crippen LogP contribution in [0, 0.1) is 0 Å². The first-order valence-electron chi connectivity index (χ1n) is 5.98. The number of carbonyl (C=O) groups is 2. The molecule has 1 aromatic heterocycles. The van der Waals surface area contributed by atoms with Crippen molar-refractivity contribution in [1.82, 2.24) is 19.9 Å². The van der Waals surface area contributed by atoms with Gasteiger partial charge in [0.1, 0.15) is 9.57 Å². The summed E-state index contributed by atoms with van der Waals surface area (Å²) in [5.74, 6) is -1.88. The molecule has 4 atom stereocenters. The maximum Gasteiger partial charge on any atom is 0.328 e. The Bertz CT molecular complexity index is 720. The molecule has 2 fully saturated rings. The number of carboxylic acids is 1. The highest BCUT2D eigenvalue weighted by Gasteiger charge is 2.73. The van der Waals surface area contributed by atoms with E-state index < -0.39 is 42.7 Å². The number of carbonyl (C=O) groups excluding carboxylic acids is 1. The van der Waals surface area contributed by atoms with Crippen LogP contribution < -0.4 is 0 Å². The van der Waals surface area contributed by atoms with Gasteiger partial charge in [0.15, 0.2) is 21.3 Å². The Morgan fingerprint density at radius 1 is 1.57 bits per heavy atom. The van der Waals surface area contributed by atoms with Crippen LogP contribution in [0.5, 0.6) is 0 Å². The average molecular weight is 379 g/mol. The van der Waals surface area contributed by atoms with Crippen molar-refractivity contribution in [3.63, 3.8) is 0 Å². The third-order valence-corrected chi connectivity index (χ3v) is 8.05. The number of aromatic nitrogens is 3. The van der Waals surface area contributed by atoms with Gasteiger partial charge in [0, 0.05) is 6.20 Å². The quantitative estimate of drug-likeness (QED) is 0.520. The Labute approximate surface area is 128 Å². The van der Waals surface area contributed by atoms with E-state index in [1.807, 2.05) is 0 Å². The molecule has 21 heavy (non-hydrogen) atoms. The summed E-state index contributed by atoms with van der Waals surface area (Å²) in [5.41, 5.74) is 0. The first-order valence-corrected chi connectivity index (χ1v) is 8.44. The van der Waals surface area contributed by atoms with E-state index in [-0.39, 0.29) is 6.54 Å². The van der Waals surface area contributed by atoms with Gasteiger partial charge in [-0.1, -0.05) is 21.1 Å². The van der Waals surface area contributed by atoms with Crippen LogP contribution in [0.4, 0.5) is 0 Å². The molecule has 0 aliphatic carbocycles. The van der Waals surface area contributed by atoms with Gasteiger partial charge in [-0.3, -0.25) is 9.48 Å². The number of fused-ring (bicyclic) bond motifs is 1. The fourth-order valence-electron chi connectivity index (χ4n) is 2.95. The molecule has 0 unspecified atom stereocenters. The fourth-order valence-corrected chi connectivity index (χ4v) is 6.64. The molecule has 2 aliphatic rings. The van der Waals surface area contributed by atoms with E-state index in [9.17, 15) is 23.1 Å². The van der Waals surface area contributed by atoms with Crippen molar-refractivity contribution < 1.29 is 23.1 Å². The smallest absolute Gasteiger partial charge is 0.328 e. The molecule has 0 saturated carbocycles. The summed E-state index contributed by atoms with van der Waals surface area (Å²) in [4.78, 5) is 23.4. The molecule has 1 aromatic rings. The van der Waals surface area contributed by atoms with Crippen molar-refractivity contribution in [2.24, 2.45) is 0 Å². The average Bonchev–Trinajstić information content (AvgIpc) is 2.93. The molecule has 9 nitrogen and oxygen atoms in total. The van der Waals surface area contributed by atoms with Gasteiger partial charge in [-0.25, -0.2) is 13.2 Å². The number of amides is 1. The van der Waals surface area contributed by atoms with Crippen LogP contribution >= 0.6 is 15.9 Å². The standard InChI is InChI=1S/C10H11BrN4O5S/c1-10(4-14-3-2-12-13-14)6(9(17)18)15-7(16)5(11)8(15)21(10,19)20/h2-3,5-6,8H,4H2,1H3,(H,17,18)/t5-,6-,8-,10-/m0/s1. The molecule has 2 aliphatic heterocycles. The Morgan fingerprint density at radius 3 is 2.76 bits per heavy atom. The Morgan fingerprint density at radius 2 is 2.24 bits per heavy atom. The lowest BCUT2D eigenvalue weighted by atomic mass is 9.96. The summed E-state index contributed by atoms with van der Waals surface area (Å²) >= 11 is 3.02. The van der Waals surface area contributed by atoms with E-state index in [1.165, 1.54) is 24.0 Å². The van der Waals surface area contributed by atoms with Crippen LogP contribution in [0.3, 0.4) is 0 Å². The summed E-state index contributed by atoms with van der Waals surface area (Å²) in [7, 11) is -3.89. The van der Waals surface area contributed by atoms with Gasteiger partial charge in [-0.05, 0) is 6.92 Å². The van der Waals surface area contributed by atoms with Crippen LogP contribution in [0.25, 0.3) is 0 Å². The number of sulfone groups is 1. The zero-order valence-corrected chi connectivity index (χ0v) is 13.2. The summed E-state index contributed by atoms with van der Waals surface area (Å²) < 4.78 is 25.0. The molecule has 0 bridgehead atoms. The van der Waals surface area contributed by atoms with Crippen LogP contribution in [0.1, 0.15) is 6.92 Å². The molecule has 11 heteroatoms. The molecule has 1 N–H and O–H groups in total. The van der Waals surface area contributed by atoms with E-state index in [0.29, 0.717) is 0 Å². The van der Waals surface area contributed by atoms with Gasteiger partial charge in [0.05, 0.1) is 12.7 Å². The van der Waals surface area contributed by atoms with Crippen LogP contribution in [0.2, 0.25) is 0 Å². The first-order chi connectivity index (χ1) is 9.72. The number of carboxylic acid groups (broad SMARTS) is 1. The Hall–Kier alpha value is -1.49. The van der Waals surface area contributed by atoms with Crippen LogP contribution in [0.15, 0.2) is 12.4 Å². The summed E-state index contributed by atoms with van der Waals surface area (Å²) in [5, 5.41) is 15.5. The monoisotopic (exact) mass is 378 g/mol. The zero-order valence-electron chi connectivity index (χ0n) is 10.7. The van der Waals surface area contributed by atoms with Crippen LogP contribution in [-0.2, 0) is 26.0 Å². The number of alkyl halides is 1. The van der Waals surface area contributed by atoms with E-state index in [0.717, 1.165) is 4.90 Å². The lowest BCUT2D eigenvalue weighted by Crippen LogP contribution is -2.64. The van der Waals surface area contributed by atoms with Crippen molar-refractivity contribution in [3.05, 3.63) is 12.4 Å². The van der Waals surface area contributed by atoms with Gasteiger partial charge in [0.25, 0.3) is 0 Å². The summed E-state index contributed by atoms with van der Waals surface area (Å²) in [6.07, 6.45) is 2.82. The minimum absolute atomic E-state index is 0.188. The second kappa shape index (κ2) is 4.26. The molecule has 3 rings (SSSR count). The highest BCUT2D eigenvalue weighted by atomic mass is 79.9. The van der Waals surface area contributed by atoms with Crippen molar-refractivity contribution in [2.75, 3.05) is 0 Å².